The number of hydrogen-bond donors (Lipinski definition) is 1. The molecule has 2 aromatic carbocycles. The number of nitrogens with zero attached hydrogens (tertiary/aromatic N) is 2. The number of phenols is 1. The molecule has 0 aromatic heterocycles. The molecule has 1 fully saturated rings. The summed E-state index contributed by atoms with van der Waals surface area (Å²) in [6, 6.07) is 9.49. The fourth-order valence-corrected chi connectivity index (χ4v) is 3.32. The second kappa shape index (κ2) is 8.72. The number of carbonyl (C=O) groups excluding carboxylic acids is 2. The van der Waals surface area contributed by atoms with Gasteiger partial charge in [0.2, 0.25) is 5.75 Å². The molecule has 0 aliphatic carbocycles. The van der Waals surface area contributed by atoms with Crippen LogP contribution in [0, 0.1) is 0 Å². The predicted octanol–water partition coefficient (Wildman–Crippen LogP) is 2.02. The molecule has 1 N–H and O–H groups in total. The molecule has 2 amide bonds. The number of ether oxygens (including phenoxy) is 3. The lowest BCUT2D eigenvalue weighted by atomic mass is 10.1. The van der Waals surface area contributed by atoms with Crippen LogP contribution >= 0.6 is 0 Å². The molecular formula is C21H24N2O6. The van der Waals surface area contributed by atoms with Gasteiger partial charge in [0, 0.05) is 37.3 Å². The third kappa shape index (κ3) is 4.21. The molecule has 154 valence electrons. The Balaban J connectivity index is 1.71. The number of aromatic hydroxyl groups is 1. The Labute approximate surface area is 169 Å². The van der Waals surface area contributed by atoms with Gasteiger partial charge in [-0.25, -0.2) is 0 Å². The van der Waals surface area contributed by atoms with E-state index in [1.54, 1.807) is 34.1 Å². The Morgan fingerprint density at radius 3 is 1.76 bits per heavy atom. The van der Waals surface area contributed by atoms with Crippen LogP contribution in [-0.4, -0.2) is 74.2 Å². The molecule has 0 unspecified atom stereocenters. The summed E-state index contributed by atoms with van der Waals surface area (Å²) in [6.45, 7) is 1.62. The Morgan fingerprint density at radius 2 is 1.31 bits per heavy atom. The molecule has 3 rings (SSSR count). The standard InChI is InChI=1S/C21H24N2O6/c1-27-17-12-15(13-18(28-2)19(17)29-3)21(26)23-9-7-22(8-10-23)20(25)14-5-4-6-16(24)11-14/h4-6,11-13,24H,7-10H2,1-3H3. The number of methoxy groups -OCH3 is 3. The minimum Gasteiger partial charge on any atom is -0.508 e. The van der Waals surface area contributed by atoms with Crippen LogP contribution in [0.5, 0.6) is 23.0 Å². The Morgan fingerprint density at radius 1 is 0.793 bits per heavy atom. The maximum atomic E-state index is 13.0. The quantitative estimate of drug-likeness (QED) is 0.826. The normalized spacial score (nSPS) is 13.8. The molecule has 1 aliphatic rings. The topological polar surface area (TPSA) is 88.5 Å². The van der Waals surface area contributed by atoms with Crippen molar-refractivity contribution in [2.45, 2.75) is 0 Å². The Hall–Kier alpha value is -3.42. The van der Waals surface area contributed by atoms with Crippen LogP contribution in [-0.2, 0) is 0 Å². The molecule has 29 heavy (non-hydrogen) atoms. The van der Waals surface area contributed by atoms with Crippen LogP contribution in [0.2, 0.25) is 0 Å². The molecule has 1 heterocycles. The first-order chi connectivity index (χ1) is 14.0. The van der Waals surface area contributed by atoms with E-state index in [-0.39, 0.29) is 17.6 Å². The number of hydrogen-bond acceptors (Lipinski definition) is 6. The minimum absolute atomic E-state index is 0.0482. The van der Waals surface area contributed by atoms with E-state index in [0.29, 0.717) is 54.6 Å². The highest BCUT2D eigenvalue weighted by atomic mass is 16.5. The number of carbonyl (C=O) groups is 2. The lowest BCUT2D eigenvalue weighted by Crippen LogP contribution is -2.50. The van der Waals surface area contributed by atoms with Gasteiger partial charge in [-0.2, -0.15) is 0 Å². The molecule has 0 spiro atoms. The number of rotatable bonds is 5. The van der Waals surface area contributed by atoms with Gasteiger partial charge in [0.15, 0.2) is 11.5 Å². The van der Waals surface area contributed by atoms with Crippen molar-refractivity contribution in [3.8, 4) is 23.0 Å². The lowest BCUT2D eigenvalue weighted by molar-refractivity contribution is 0.0535. The van der Waals surface area contributed by atoms with Gasteiger partial charge in [-0.3, -0.25) is 9.59 Å². The summed E-state index contributed by atoms with van der Waals surface area (Å²) in [5, 5.41) is 9.57. The molecule has 1 aliphatic heterocycles. The first-order valence-electron chi connectivity index (χ1n) is 9.16. The summed E-state index contributed by atoms with van der Waals surface area (Å²) in [4.78, 5) is 28.9. The second-order valence-electron chi connectivity index (χ2n) is 6.55. The predicted molar refractivity (Wildman–Crippen MR) is 106 cm³/mol. The molecular weight excluding hydrogens is 376 g/mol. The summed E-state index contributed by atoms with van der Waals surface area (Å²) in [6.07, 6.45) is 0. The highest BCUT2D eigenvalue weighted by molar-refractivity contribution is 5.97. The van der Waals surface area contributed by atoms with E-state index < -0.39 is 0 Å². The Bertz CT molecular complexity index is 881. The molecule has 8 nitrogen and oxygen atoms in total. The minimum atomic E-state index is -0.172. The van der Waals surface area contributed by atoms with Gasteiger partial charge in [-0.05, 0) is 30.3 Å². The van der Waals surface area contributed by atoms with Crippen molar-refractivity contribution < 1.29 is 28.9 Å². The molecule has 0 radical (unpaired) electrons. The van der Waals surface area contributed by atoms with E-state index in [1.807, 2.05) is 0 Å². The molecule has 0 atom stereocenters. The van der Waals surface area contributed by atoms with Crippen molar-refractivity contribution in [1.29, 1.82) is 0 Å². The molecule has 2 aromatic rings. The van der Waals surface area contributed by atoms with Crippen molar-refractivity contribution in [3.05, 3.63) is 47.5 Å². The zero-order valence-electron chi connectivity index (χ0n) is 16.7. The second-order valence-corrected chi connectivity index (χ2v) is 6.55. The zero-order valence-corrected chi connectivity index (χ0v) is 16.7. The molecule has 1 saturated heterocycles. The van der Waals surface area contributed by atoms with Crippen molar-refractivity contribution in [2.75, 3.05) is 47.5 Å². The maximum Gasteiger partial charge on any atom is 0.254 e. The van der Waals surface area contributed by atoms with Crippen molar-refractivity contribution in [2.24, 2.45) is 0 Å². The van der Waals surface area contributed by atoms with Crippen LogP contribution in [0.4, 0.5) is 0 Å². The van der Waals surface area contributed by atoms with Crippen LogP contribution in [0.3, 0.4) is 0 Å². The Kier molecular flexibility index (Phi) is 6.11. The largest absolute Gasteiger partial charge is 0.508 e. The highest BCUT2D eigenvalue weighted by Gasteiger charge is 2.27. The van der Waals surface area contributed by atoms with E-state index in [0.717, 1.165) is 0 Å². The van der Waals surface area contributed by atoms with Crippen molar-refractivity contribution in [3.63, 3.8) is 0 Å². The number of benzene rings is 2. The number of phenolic OH excluding ortho intramolecular Hbond substituents is 1. The lowest BCUT2D eigenvalue weighted by Gasteiger charge is -2.35. The number of amides is 2. The summed E-state index contributed by atoms with van der Waals surface area (Å²) in [5.74, 6) is 0.954. The van der Waals surface area contributed by atoms with E-state index in [2.05, 4.69) is 0 Å². The smallest absolute Gasteiger partial charge is 0.254 e. The highest BCUT2D eigenvalue weighted by Crippen LogP contribution is 2.38. The van der Waals surface area contributed by atoms with Gasteiger partial charge >= 0.3 is 0 Å². The number of piperazine rings is 1. The van der Waals surface area contributed by atoms with Gasteiger partial charge in [-0.15, -0.1) is 0 Å². The van der Waals surface area contributed by atoms with Crippen LogP contribution in [0.1, 0.15) is 20.7 Å². The average Bonchev–Trinajstić information content (AvgIpc) is 2.77. The molecule has 0 bridgehead atoms. The average molecular weight is 400 g/mol. The maximum absolute atomic E-state index is 13.0. The third-order valence-electron chi connectivity index (χ3n) is 4.86. The van der Waals surface area contributed by atoms with E-state index >= 15 is 0 Å². The first-order valence-corrected chi connectivity index (χ1v) is 9.16. The third-order valence-corrected chi connectivity index (χ3v) is 4.86. The van der Waals surface area contributed by atoms with Gasteiger partial charge in [0.25, 0.3) is 11.8 Å². The van der Waals surface area contributed by atoms with Gasteiger partial charge < -0.3 is 29.1 Å². The van der Waals surface area contributed by atoms with Gasteiger partial charge in [0.05, 0.1) is 21.3 Å². The molecule has 0 saturated carbocycles. The fourth-order valence-electron chi connectivity index (χ4n) is 3.32. The summed E-state index contributed by atoms with van der Waals surface area (Å²) in [7, 11) is 4.50. The summed E-state index contributed by atoms with van der Waals surface area (Å²) in [5.41, 5.74) is 0.849. The van der Waals surface area contributed by atoms with Crippen molar-refractivity contribution >= 4 is 11.8 Å². The fraction of sp³-hybridized carbons (Fsp3) is 0.333. The summed E-state index contributed by atoms with van der Waals surface area (Å²) < 4.78 is 15.9. The molecule has 8 heteroatoms. The first kappa shape index (κ1) is 20.3. The van der Waals surface area contributed by atoms with Gasteiger partial charge in [0.1, 0.15) is 5.75 Å². The SMILES string of the molecule is COc1cc(C(=O)N2CCN(C(=O)c3cccc(O)c3)CC2)cc(OC)c1OC. The van der Waals surface area contributed by atoms with Crippen LogP contribution < -0.4 is 14.2 Å². The van der Waals surface area contributed by atoms with Gasteiger partial charge in [-0.1, -0.05) is 6.07 Å². The van der Waals surface area contributed by atoms with Crippen LogP contribution in [0.15, 0.2) is 36.4 Å². The monoisotopic (exact) mass is 400 g/mol. The van der Waals surface area contributed by atoms with E-state index in [1.165, 1.54) is 33.5 Å². The zero-order chi connectivity index (χ0) is 21.0. The summed E-state index contributed by atoms with van der Waals surface area (Å²) >= 11 is 0. The van der Waals surface area contributed by atoms with Crippen molar-refractivity contribution in [1.82, 2.24) is 9.80 Å². The van der Waals surface area contributed by atoms with E-state index in [4.69, 9.17) is 14.2 Å². The van der Waals surface area contributed by atoms with Crippen LogP contribution in [0.25, 0.3) is 0 Å². The van der Waals surface area contributed by atoms with E-state index in [9.17, 15) is 14.7 Å².